The van der Waals surface area contributed by atoms with E-state index in [0.29, 0.717) is 0 Å². The van der Waals surface area contributed by atoms with Gasteiger partial charge in [0.25, 0.3) is 0 Å². The third-order valence-electron chi connectivity index (χ3n) is 6.29. The van der Waals surface area contributed by atoms with E-state index in [1.807, 2.05) is 24.3 Å². The summed E-state index contributed by atoms with van der Waals surface area (Å²) in [5.41, 5.74) is 6.59. The molecule has 3 aromatic carbocycles. The molecule has 1 aliphatic rings. The average Bonchev–Trinajstić information content (AvgIpc) is 3.26. The number of fused-ring (bicyclic) bond motifs is 2. The van der Waals surface area contributed by atoms with Crippen molar-refractivity contribution in [3.05, 3.63) is 101 Å². The van der Waals surface area contributed by atoms with Crippen molar-refractivity contribution >= 4 is 11.0 Å². The number of aromatic amines is 1. The van der Waals surface area contributed by atoms with Gasteiger partial charge in [-0.05, 0) is 71.5 Å². The second-order valence-corrected chi connectivity index (χ2v) is 8.50. The van der Waals surface area contributed by atoms with Crippen molar-refractivity contribution in [1.29, 1.82) is 0 Å². The maximum atomic E-state index is 13.8. The molecule has 4 aromatic rings. The van der Waals surface area contributed by atoms with Crippen molar-refractivity contribution in [3.8, 4) is 0 Å². The number of benzene rings is 3. The van der Waals surface area contributed by atoms with Gasteiger partial charge in [-0.3, -0.25) is 4.90 Å². The molecule has 1 atom stereocenters. The number of hydrogen-bond donors (Lipinski definition) is 2. The van der Waals surface area contributed by atoms with Gasteiger partial charge < -0.3 is 10.3 Å². The van der Waals surface area contributed by atoms with Gasteiger partial charge in [-0.1, -0.05) is 24.3 Å². The van der Waals surface area contributed by atoms with Crippen molar-refractivity contribution in [2.45, 2.75) is 32.0 Å². The lowest BCUT2D eigenvalue weighted by Gasteiger charge is -2.37. The van der Waals surface area contributed by atoms with E-state index < -0.39 is 0 Å². The van der Waals surface area contributed by atoms with Crippen LogP contribution in [-0.2, 0) is 25.9 Å². The summed E-state index contributed by atoms with van der Waals surface area (Å²) in [6.45, 7) is 3.31. The van der Waals surface area contributed by atoms with Crippen molar-refractivity contribution < 1.29 is 8.78 Å². The highest BCUT2D eigenvalue weighted by atomic mass is 19.1. The van der Waals surface area contributed by atoms with Gasteiger partial charge in [0, 0.05) is 32.2 Å². The van der Waals surface area contributed by atoms with Crippen molar-refractivity contribution in [1.82, 2.24) is 20.2 Å². The smallest absolute Gasteiger partial charge is 0.123 e. The Morgan fingerprint density at radius 3 is 2.62 bits per heavy atom. The first-order chi connectivity index (χ1) is 15.6. The van der Waals surface area contributed by atoms with Gasteiger partial charge >= 0.3 is 0 Å². The minimum atomic E-state index is -0.223. The lowest BCUT2D eigenvalue weighted by molar-refractivity contribution is 0.170. The average molecular weight is 433 g/mol. The van der Waals surface area contributed by atoms with Gasteiger partial charge in [-0.2, -0.15) is 0 Å². The van der Waals surface area contributed by atoms with Crippen LogP contribution in [0.2, 0.25) is 0 Å². The number of rotatable bonds is 7. The number of halogens is 2. The molecule has 0 fully saturated rings. The Balaban J connectivity index is 1.24. The van der Waals surface area contributed by atoms with Crippen LogP contribution >= 0.6 is 0 Å². The van der Waals surface area contributed by atoms with Gasteiger partial charge in [0.05, 0.1) is 17.4 Å². The number of aromatic nitrogens is 2. The Morgan fingerprint density at radius 1 is 0.938 bits per heavy atom. The van der Waals surface area contributed by atoms with Crippen LogP contribution in [0.15, 0.2) is 67.0 Å². The molecule has 0 aliphatic carbocycles. The van der Waals surface area contributed by atoms with E-state index >= 15 is 0 Å². The van der Waals surface area contributed by atoms with E-state index in [4.69, 9.17) is 0 Å². The minimum absolute atomic E-state index is 0.186. The fourth-order valence-corrected chi connectivity index (χ4v) is 4.57. The molecule has 0 saturated carbocycles. The quantitative estimate of drug-likeness (QED) is 0.420. The monoisotopic (exact) mass is 432 g/mol. The van der Waals surface area contributed by atoms with Gasteiger partial charge in [0.15, 0.2) is 0 Å². The third kappa shape index (κ3) is 4.71. The molecular weight excluding hydrogens is 406 g/mol. The highest BCUT2D eigenvalue weighted by Crippen LogP contribution is 2.26. The molecule has 0 radical (unpaired) electrons. The highest BCUT2D eigenvalue weighted by molar-refractivity contribution is 5.74. The molecule has 5 rings (SSSR count). The van der Waals surface area contributed by atoms with Crippen LogP contribution in [0.5, 0.6) is 0 Å². The van der Waals surface area contributed by atoms with Crippen molar-refractivity contribution in [3.63, 3.8) is 0 Å². The highest BCUT2D eigenvalue weighted by Gasteiger charge is 2.26. The topological polar surface area (TPSA) is 44.0 Å². The fraction of sp³-hybridized carbons (Fsp3) is 0.269. The van der Waals surface area contributed by atoms with E-state index in [1.54, 1.807) is 18.5 Å². The largest absolute Gasteiger partial charge is 0.345 e. The Morgan fingerprint density at radius 2 is 1.75 bits per heavy atom. The van der Waals surface area contributed by atoms with Gasteiger partial charge in [-0.25, -0.2) is 13.8 Å². The van der Waals surface area contributed by atoms with Crippen LogP contribution in [0.4, 0.5) is 8.78 Å². The zero-order chi connectivity index (χ0) is 21.9. The Hall–Kier alpha value is -3.09. The van der Waals surface area contributed by atoms with E-state index in [-0.39, 0.29) is 17.7 Å². The van der Waals surface area contributed by atoms with Crippen LogP contribution in [0.1, 0.15) is 22.3 Å². The first-order valence-electron chi connectivity index (χ1n) is 11.0. The maximum absolute atomic E-state index is 13.8. The number of H-pyrrole nitrogens is 1. The molecule has 164 valence electrons. The van der Waals surface area contributed by atoms with Gasteiger partial charge in [0.2, 0.25) is 0 Å². The summed E-state index contributed by atoms with van der Waals surface area (Å²) in [5.74, 6) is -0.409. The Kier molecular flexibility index (Phi) is 5.97. The Bertz CT molecular complexity index is 1200. The first-order valence-corrected chi connectivity index (χ1v) is 11.0. The molecule has 2 heterocycles. The van der Waals surface area contributed by atoms with Crippen LogP contribution in [-0.4, -0.2) is 34.0 Å². The van der Waals surface area contributed by atoms with Crippen LogP contribution in [0, 0.1) is 11.6 Å². The maximum Gasteiger partial charge on any atom is 0.123 e. The summed E-state index contributed by atoms with van der Waals surface area (Å²) < 4.78 is 27.1. The molecule has 1 aliphatic heterocycles. The second kappa shape index (κ2) is 9.18. The van der Waals surface area contributed by atoms with Crippen LogP contribution < -0.4 is 5.32 Å². The SMILES string of the molecule is Fc1ccc(CC2Cc3cc(F)ccc3CN2CCNCc2ccc3nc[nH]c3c2)cc1. The Labute approximate surface area is 186 Å². The van der Waals surface area contributed by atoms with Crippen LogP contribution in [0.3, 0.4) is 0 Å². The summed E-state index contributed by atoms with van der Waals surface area (Å²) in [6.07, 6.45) is 3.32. The molecule has 32 heavy (non-hydrogen) atoms. The molecule has 2 N–H and O–H groups in total. The van der Waals surface area contributed by atoms with Crippen molar-refractivity contribution in [2.75, 3.05) is 13.1 Å². The predicted octanol–water partition coefficient (Wildman–Crippen LogP) is 4.60. The summed E-state index contributed by atoms with van der Waals surface area (Å²) in [4.78, 5) is 9.87. The van der Waals surface area contributed by atoms with E-state index in [2.05, 4.69) is 32.3 Å². The summed E-state index contributed by atoms with van der Waals surface area (Å²) >= 11 is 0. The zero-order valence-electron chi connectivity index (χ0n) is 17.8. The summed E-state index contributed by atoms with van der Waals surface area (Å²) in [7, 11) is 0. The van der Waals surface area contributed by atoms with Crippen molar-refractivity contribution in [2.24, 2.45) is 0 Å². The van der Waals surface area contributed by atoms with Gasteiger partial charge in [-0.15, -0.1) is 0 Å². The fourth-order valence-electron chi connectivity index (χ4n) is 4.57. The molecule has 0 amide bonds. The molecule has 0 bridgehead atoms. The molecule has 0 spiro atoms. The molecule has 1 unspecified atom stereocenters. The number of hydrogen-bond acceptors (Lipinski definition) is 3. The first kappa shape index (κ1) is 20.8. The zero-order valence-corrected chi connectivity index (χ0v) is 17.8. The molecule has 6 heteroatoms. The van der Waals surface area contributed by atoms with E-state index in [9.17, 15) is 8.78 Å². The molecular formula is C26H26F2N4. The summed E-state index contributed by atoms with van der Waals surface area (Å²) in [5, 5.41) is 3.55. The van der Waals surface area contributed by atoms with Crippen LogP contribution in [0.25, 0.3) is 11.0 Å². The molecule has 4 nitrogen and oxygen atoms in total. The lowest BCUT2D eigenvalue weighted by Crippen LogP contribution is -2.44. The number of nitrogens with zero attached hydrogens (tertiary/aromatic N) is 2. The third-order valence-corrected chi connectivity index (χ3v) is 6.29. The number of nitrogens with one attached hydrogen (secondary N) is 2. The second-order valence-electron chi connectivity index (χ2n) is 8.50. The van der Waals surface area contributed by atoms with E-state index in [1.165, 1.54) is 23.3 Å². The van der Waals surface area contributed by atoms with E-state index in [0.717, 1.165) is 61.2 Å². The lowest BCUT2D eigenvalue weighted by atomic mass is 9.90. The van der Waals surface area contributed by atoms with Gasteiger partial charge in [0.1, 0.15) is 11.6 Å². The summed E-state index contributed by atoms with van der Waals surface area (Å²) in [6, 6.07) is 18.3. The predicted molar refractivity (Wildman–Crippen MR) is 122 cm³/mol. The number of imidazole rings is 1. The normalized spacial score (nSPS) is 16.4. The standard InChI is InChI=1S/C26H26F2N4/c27-22-5-1-18(2-6-22)11-24-14-21-13-23(28)7-4-20(21)16-32(24)10-9-29-15-19-3-8-25-26(12-19)31-17-30-25/h1-8,12-13,17,24,29H,9-11,14-16H2,(H,30,31). The molecule has 1 aromatic heterocycles. The molecule has 0 saturated heterocycles. The minimum Gasteiger partial charge on any atom is -0.345 e.